The minimum atomic E-state index is -0.303. The van der Waals surface area contributed by atoms with Crippen molar-refractivity contribution in [2.45, 2.75) is 97.5 Å². The van der Waals surface area contributed by atoms with E-state index in [-0.39, 0.29) is 24.6 Å². The number of carbonyl (C=O) groups excluding carboxylic acids is 2. The molecule has 1 unspecified atom stereocenters. The summed E-state index contributed by atoms with van der Waals surface area (Å²) >= 11 is 0. The maximum absolute atomic E-state index is 11.5. The first-order valence-electron chi connectivity index (χ1n) is 9.60. The van der Waals surface area contributed by atoms with Crippen LogP contribution in [0, 0.1) is 0 Å². The standard InChI is InChI=1S/C20H34O4/c1-4-5-6-7-8-9-10-11-12-13-14-19(24-17(3)21)18-15-23-20(22)16(18)2/h19H,4-15H2,1-3H3. The average Bonchev–Trinajstić information content (AvgIpc) is 2.87. The summed E-state index contributed by atoms with van der Waals surface area (Å²) in [5.41, 5.74) is 1.44. The van der Waals surface area contributed by atoms with Crippen molar-refractivity contribution in [2.75, 3.05) is 6.61 Å². The lowest BCUT2D eigenvalue weighted by atomic mass is 9.99. The Balaban J connectivity index is 2.20. The van der Waals surface area contributed by atoms with Crippen LogP contribution in [0.3, 0.4) is 0 Å². The predicted molar refractivity (Wildman–Crippen MR) is 95.7 cm³/mol. The molecule has 1 aliphatic rings. The van der Waals surface area contributed by atoms with E-state index in [2.05, 4.69) is 6.92 Å². The van der Waals surface area contributed by atoms with Crippen molar-refractivity contribution in [3.63, 3.8) is 0 Å². The van der Waals surface area contributed by atoms with Crippen LogP contribution in [0.4, 0.5) is 0 Å². The van der Waals surface area contributed by atoms with Crippen LogP contribution in [0.1, 0.15) is 91.4 Å². The summed E-state index contributed by atoms with van der Waals surface area (Å²) in [6.45, 7) is 5.67. The Morgan fingerprint density at radius 2 is 1.58 bits per heavy atom. The largest absolute Gasteiger partial charge is 0.458 e. The molecule has 0 saturated carbocycles. The number of esters is 2. The molecule has 0 N–H and O–H groups in total. The summed E-state index contributed by atoms with van der Waals surface area (Å²) in [6.07, 6.45) is 13.2. The number of cyclic esters (lactones) is 1. The van der Waals surface area contributed by atoms with E-state index in [1.165, 1.54) is 58.3 Å². The predicted octanol–water partition coefficient (Wildman–Crippen LogP) is 5.10. The van der Waals surface area contributed by atoms with Crippen molar-refractivity contribution in [3.8, 4) is 0 Å². The maximum Gasteiger partial charge on any atom is 0.334 e. The number of rotatable bonds is 13. The van der Waals surface area contributed by atoms with E-state index >= 15 is 0 Å². The van der Waals surface area contributed by atoms with Gasteiger partial charge in [0.2, 0.25) is 0 Å². The van der Waals surface area contributed by atoms with E-state index in [1.54, 1.807) is 6.92 Å². The zero-order valence-corrected chi connectivity index (χ0v) is 15.7. The van der Waals surface area contributed by atoms with Crippen molar-refractivity contribution in [1.29, 1.82) is 0 Å². The lowest BCUT2D eigenvalue weighted by Crippen LogP contribution is -2.20. The van der Waals surface area contributed by atoms with Gasteiger partial charge in [0, 0.05) is 18.1 Å². The number of hydrogen-bond acceptors (Lipinski definition) is 4. The van der Waals surface area contributed by atoms with Gasteiger partial charge in [-0.1, -0.05) is 64.7 Å². The zero-order chi connectivity index (χ0) is 17.8. The fourth-order valence-electron chi connectivity index (χ4n) is 3.15. The molecule has 1 atom stereocenters. The van der Waals surface area contributed by atoms with Crippen molar-refractivity contribution >= 4 is 11.9 Å². The first kappa shape index (κ1) is 20.7. The van der Waals surface area contributed by atoms with Crippen LogP contribution in [0.2, 0.25) is 0 Å². The van der Waals surface area contributed by atoms with Crippen LogP contribution in [0.5, 0.6) is 0 Å². The van der Waals surface area contributed by atoms with E-state index in [0.717, 1.165) is 24.8 Å². The van der Waals surface area contributed by atoms with E-state index in [4.69, 9.17) is 9.47 Å². The number of hydrogen-bond donors (Lipinski definition) is 0. The monoisotopic (exact) mass is 338 g/mol. The molecule has 1 rings (SSSR count). The highest BCUT2D eigenvalue weighted by atomic mass is 16.6. The molecule has 0 radical (unpaired) electrons. The SMILES string of the molecule is CCCCCCCCCCCCC(OC(C)=O)C1=C(C)C(=O)OC1. The Labute approximate surface area is 147 Å². The minimum absolute atomic E-state index is 0.264. The van der Waals surface area contributed by atoms with E-state index in [0.29, 0.717) is 5.57 Å². The molecule has 0 fully saturated rings. The fraction of sp³-hybridized carbons (Fsp3) is 0.800. The first-order valence-corrected chi connectivity index (χ1v) is 9.60. The Morgan fingerprint density at radius 1 is 1.04 bits per heavy atom. The van der Waals surface area contributed by atoms with E-state index in [9.17, 15) is 9.59 Å². The van der Waals surface area contributed by atoms with Gasteiger partial charge in [-0.3, -0.25) is 4.79 Å². The summed E-state index contributed by atoms with van der Waals surface area (Å²) in [5, 5.41) is 0. The van der Waals surface area contributed by atoms with Gasteiger partial charge in [0.1, 0.15) is 12.7 Å². The first-order chi connectivity index (χ1) is 11.6. The summed E-state index contributed by atoms with van der Waals surface area (Å²) < 4.78 is 10.4. The molecular weight excluding hydrogens is 304 g/mol. The highest BCUT2D eigenvalue weighted by Gasteiger charge is 2.28. The maximum atomic E-state index is 11.5. The van der Waals surface area contributed by atoms with Crippen LogP contribution in [-0.4, -0.2) is 24.6 Å². The highest BCUT2D eigenvalue weighted by molar-refractivity contribution is 5.91. The Morgan fingerprint density at radius 3 is 2.04 bits per heavy atom. The minimum Gasteiger partial charge on any atom is -0.458 e. The van der Waals surface area contributed by atoms with Gasteiger partial charge in [0.25, 0.3) is 0 Å². The van der Waals surface area contributed by atoms with Crippen LogP contribution in [-0.2, 0) is 19.1 Å². The number of ether oxygens (including phenoxy) is 2. The van der Waals surface area contributed by atoms with Crippen LogP contribution in [0.25, 0.3) is 0 Å². The summed E-state index contributed by atoms with van der Waals surface area (Å²) in [4.78, 5) is 22.8. The molecule has 24 heavy (non-hydrogen) atoms. The van der Waals surface area contributed by atoms with E-state index < -0.39 is 0 Å². The topological polar surface area (TPSA) is 52.6 Å². The Bertz CT molecular complexity index is 425. The summed E-state index contributed by atoms with van der Waals surface area (Å²) in [5.74, 6) is -0.586. The lowest BCUT2D eigenvalue weighted by Gasteiger charge is -2.18. The molecule has 0 bridgehead atoms. The zero-order valence-electron chi connectivity index (χ0n) is 15.7. The van der Waals surface area contributed by atoms with Crippen molar-refractivity contribution in [1.82, 2.24) is 0 Å². The van der Waals surface area contributed by atoms with Gasteiger partial charge in [0.05, 0.1) is 0 Å². The van der Waals surface area contributed by atoms with Crippen LogP contribution in [0.15, 0.2) is 11.1 Å². The quantitative estimate of drug-likeness (QED) is 0.346. The van der Waals surface area contributed by atoms with Gasteiger partial charge in [0.15, 0.2) is 0 Å². The summed E-state index contributed by atoms with van der Waals surface area (Å²) in [7, 11) is 0. The average molecular weight is 338 g/mol. The van der Waals surface area contributed by atoms with Crippen LogP contribution < -0.4 is 0 Å². The van der Waals surface area contributed by atoms with Crippen molar-refractivity contribution < 1.29 is 19.1 Å². The molecule has 0 aromatic carbocycles. The second-order valence-corrected chi connectivity index (χ2v) is 6.80. The molecule has 4 nitrogen and oxygen atoms in total. The molecule has 1 aliphatic heterocycles. The lowest BCUT2D eigenvalue weighted by molar-refractivity contribution is -0.145. The van der Waals surface area contributed by atoms with Gasteiger partial charge in [-0.05, 0) is 19.8 Å². The van der Waals surface area contributed by atoms with Gasteiger partial charge in [-0.25, -0.2) is 4.79 Å². The number of carbonyl (C=O) groups is 2. The molecule has 1 heterocycles. The third kappa shape index (κ3) is 7.98. The summed E-state index contributed by atoms with van der Waals surface area (Å²) in [6, 6.07) is 0. The molecule has 0 aromatic rings. The Kier molecular flexibility index (Phi) is 10.4. The normalized spacial score (nSPS) is 15.5. The number of unbranched alkanes of at least 4 members (excludes halogenated alkanes) is 9. The van der Waals surface area contributed by atoms with Gasteiger partial charge in [-0.15, -0.1) is 0 Å². The van der Waals surface area contributed by atoms with E-state index in [1.807, 2.05) is 0 Å². The smallest absolute Gasteiger partial charge is 0.334 e. The second-order valence-electron chi connectivity index (χ2n) is 6.80. The fourth-order valence-corrected chi connectivity index (χ4v) is 3.15. The molecule has 4 heteroatoms. The third-order valence-corrected chi connectivity index (χ3v) is 4.66. The Hall–Kier alpha value is -1.32. The second kappa shape index (κ2) is 12.1. The molecular formula is C20H34O4. The third-order valence-electron chi connectivity index (χ3n) is 4.66. The highest BCUT2D eigenvalue weighted by Crippen LogP contribution is 2.24. The van der Waals surface area contributed by atoms with Crippen LogP contribution >= 0.6 is 0 Å². The van der Waals surface area contributed by atoms with Crippen molar-refractivity contribution in [2.24, 2.45) is 0 Å². The molecule has 0 saturated heterocycles. The molecule has 0 spiro atoms. The van der Waals surface area contributed by atoms with Gasteiger partial charge in [-0.2, -0.15) is 0 Å². The molecule has 0 aromatic heterocycles. The molecule has 0 amide bonds. The molecule has 0 aliphatic carbocycles. The van der Waals surface area contributed by atoms with Crippen molar-refractivity contribution in [3.05, 3.63) is 11.1 Å². The molecule has 138 valence electrons. The van der Waals surface area contributed by atoms with Gasteiger partial charge >= 0.3 is 11.9 Å². The van der Waals surface area contributed by atoms with Gasteiger partial charge < -0.3 is 9.47 Å².